The molecule has 13 aromatic rings. The number of fused-ring (bicyclic) bond motifs is 9. The Hall–Kier alpha value is -8.19. The van der Waals surface area contributed by atoms with Crippen LogP contribution in [0.1, 0.15) is 0 Å². The number of furan rings is 2. The van der Waals surface area contributed by atoms with Crippen LogP contribution in [0.15, 0.2) is 209 Å². The zero-order chi connectivity index (χ0) is 41.4. The molecule has 13 rings (SSSR count). The first-order valence-electron chi connectivity index (χ1n) is 21.0. The maximum absolute atomic E-state index is 6.78. The topological polar surface area (TPSA) is 65.0 Å². The number of rotatable bonds is 6. The maximum atomic E-state index is 6.78. The summed E-state index contributed by atoms with van der Waals surface area (Å²) in [4.78, 5) is 15.4. The summed E-state index contributed by atoms with van der Waals surface area (Å²) in [6, 6.07) is 69.7. The Morgan fingerprint density at radius 2 is 0.857 bits per heavy atom. The predicted octanol–water partition coefficient (Wildman–Crippen LogP) is 16.0. The summed E-state index contributed by atoms with van der Waals surface area (Å²) in [6.07, 6.45) is 0. The minimum absolute atomic E-state index is 0.569. The van der Waals surface area contributed by atoms with Gasteiger partial charge in [0.25, 0.3) is 0 Å². The first-order chi connectivity index (χ1) is 31.2. The van der Waals surface area contributed by atoms with Crippen LogP contribution in [0, 0.1) is 0 Å². The fraction of sp³-hybridized carbons (Fsp3) is 0. The number of para-hydroxylation sites is 2. The molecule has 9 aromatic carbocycles. The lowest BCUT2D eigenvalue weighted by Crippen LogP contribution is -2.00. The Balaban J connectivity index is 0.947. The molecule has 0 aliphatic rings. The SMILES string of the molecule is c1ccc(-c2cccc(-c3nc(-c4ccc(-c5ccc(-c6cccc7sc8ccccc8c67)c6c5oc5ccccc56)cc4)nc(-c4ccc5c(c4)oc4ccccc45)n3)c2)cc1. The van der Waals surface area contributed by atoms with E-state index in [2.05, 4.69) is 164 Å². The van der Waals surface area contributed by atoms with Gasteiger partial charge in [-0.25, -0.2) is 15.0 Å². The predicted molar refractivity (Wildman–Crippen MR) is 260 cm³/mol. The number of hydrogen-bond acceptors (Lipinski definition) is 6. The van der Waals surface area contributed by atoms with Crippen LogP contribution >= 0.6 is 11.3 Å². The van der Waals surface area contributed by atoms with Crippen molar-refractivity contribution < 1.29 is 8.83 Å². The van der Waals surface area contributed by atoms with E-state index in [1.54, 1.807) is 0 Å². The molecule has 0 spiro atoms. The van der Waals surface area contributed by atoms with Gasteiger partial charge in [0.1, 0.15) is 22.3 Å². The van der Waals surface area contributed by atoms with Crippen molar-refractivity contribution in [2.45, 2.75) is 0 Å². The Labute approximate surface area is 365 Å². The fourth-order valence-electron chi connectivity index (χ4n) is 9.17. The molecule has 0 N–H and O–H groups in total. The van der Waals surface area contributed by atoms with Gasteiger partial charge in [-0.2, -0.15) is 0 Å². The van der Waals surface area contributed by atoms with Crippen LogP contribution in [0.25, 0.3) is 132 Å². The van der Waals surface area contributed by atoms with Crippen LogP contribution < -0.4 is 0 Å². The first-order valence-corrected chi connectivity index (χ1v) is 21.8. The lowest BCUT2D eigenvalue weighted by Gasteiger charge is -2.11. The van der Waals surface area contributed by atoms with E-state index in [0.717, 1.165) is 88.4 Å². The molecule has 0 radical (unpaired) electrons. The van der Waals surface area contributed by atoms with Crippen molar-refractivity contribution in [3.8, 4) is 67.5 Å². The summed E-state index contributed by atoms with van der Waals surface area (Å²) in [5, 5.41) is 6.90. The van der Waals surface area contributed by atoms with Gasteiger partial charge in [0.15, 0.2) is 17.5 Å². The highest BCUT2D eigenvalue weighted by molar-refractivity contribution is 7.25. The average Bonchev–Trinajstić information content (AvgIpc) is 4.06. The Morgan fingerprint density at radius 1 is 0.302 bits per heavy atom. The van der Waals surface area contributed by atoms with Gasteiger partial charge in [0, 0.05) is 64.0 Å². The second kappa shape index (κ2) is 14.2. The van der Waals surface area contributed by atoms with Gasteiger partial charge < -0.3 is 8.83 Å². The second-order valence-electron chi connectivity index (χ2n) is 15.9. The van der Waals surface area contributed by atoms with Gasteiger partial charge in [-0.15, -0.1) is 11.3 Å². The van der Waals surface area contributed by atoms with Gasteiger partial charge in [-0.3, -0.25) is 0 Å². The standard InChI is InChI=1S/C57H33N3O2S/c1-2-12-34(13-3-1)37-14-10-15-38(32-37)56-58-55(59-57(60-56)39-28-29-42-41-16-4-7-20-47(41)61-49(42)33-39)36-26-24-35(25-27-36)40-30-31-44(53-45-17-5-8-21-48(45)62-54(40)53)43-19-11-23-51-52(43)46-18-6-9-22-50(46)63-51/h1-33H. The van der Waals surface area contributed by atoms with Crippen LogP contribution in [-0.4, -0.2) is 15.0 Å². The third-order valence-electron chi connectivity index (χ3n) is 12.2. The molecule has 5 nitrogen and oxygen atoms in total. The minimum atomic E-state index is 0.569. The molecule has 0 aliphatic heterocycles. The van der Waals surface area contributed by atoms with Crippen molar-refractivity contribution in [1.29, 1.82) is 0 Å². The molecule has 0 bridgehead atoms. The molecule has 0 aliphatic carbocycles. The number of nitrogens with zero attached hydrogens (tertiary/aromatic N) is 3. The summed E-state index contributed by atoms with van der Waals surface area (Å²) in [6.45, 7) is 0. The quantitative estimate of drug-likeness (QED) is 0.167. The van der Waals surface area contributed by atoms with Crippen LogP contribution in [0.3, 0.4) is 0 Å². The summed E-state index contributed by atoms with van der Waals surface area (Å²) in [5.74, 6) is 1.74. The van der Waals surface area contributed by atoms with Crippen molar-refractivity contribution >= 4 is 75.4 Å². The highest BCUT2D eigenvalue weighted by atomic mass is 32.1. The van der Waals surface area contributed by atoms with Crippen LogP contribution in [0.5, 0.6) is 0 Å². The second-order valence-corrected chi connectivity index (χ2v) is 17.0. The van der Waals surface area contributed by atoms with E-state index in [0.29, 0.717) is 17.5 Å². The Bertz CT molecular complexity index is 3920. The van der Waals surface area contributed by atoms with E-state index >= 15 is 0 Å². The highest BCUT2D eigenvalue weighted by Gasteiger charge is 2.21. The third kappa shape index (κ3) is 5.87. The van der Waals surface area contributed by atoms with Gasteiger partial charge in [-0.1, -0.05) is 152 Å². The molecule has 4 aromatic heterocycles. The number of benzene rings is 9. The maximum Gasteiger partial charge on any atom is 0.164 e. The van der Waals surface area contributed by atoms with E-state index in [4.69, 9.17) is 23.8 Å². The lowest BCUT2D eigenvalue weighted by atomic mass is 9.92. The van der Waals surface area contributed by atoms with Gasteiger partial charge in [0.05, 0.1) is 0 Å². The molecule has 0 unspecified atom stereocenters. The summed E-state index contributed by atoms with van der Waals surface area (Å²) >= 11 is 1.84. The summed E-state index contributed by atoms with van der Waals surface area (Å²) < 4.78 is 15.6. The van der Waals surface area contributed by atoms with E-state index in [-0.39, 0.29) is 0 Å². The number of aromatic nitrogens is 3. The lowest BCUT2D eigenvalue weighted by molar-refractivity contribution is 0.669. The van der Waals surface area contributed by atoms with Crippen LogP contribution in [-0.2, 0) is 0 Å². The van der Waals surface area contributed by atoms with Crippen molar-refractivity contribution in [3.63, 3.8) is 0 Å². The highest BCUT2D eigenvalue weighted by Crippen LogP contribution is 2.46. The monoisotopic (exact) mass is 823 g/mol. The normalized spacial score (nSPS) is 11.8. The van der Waals surface area contributed by atoms with Gasteiger partial charge in [-0.05, 0) is 76.3 Å². The van der Waals surface area contributed by atoms with Gasteiger partial charge in [0.2, 0.25) is 0 Å². The molecular weight excluding hydrogens is 791 g/mol. The summed E-state index contributed by atoms with van der Waals surface area (Å²) in [7, 11) is 0. The zero-order valence-corrected chi connectivity index (χ0v) is 34.4. The molecule has 0 atom stereocenters. The van der Waals surface area contributed by atoms with E-state index in [1.807, 2.05) is 47.7 Å². The first kappa shape index (κ1) is 35.6. The van der Waals surface area contributed by atoms with E-state index in [1.165, 1.54) is 25.7 Å². The number of hydrogen-bond donors (Lipinski definition) is 0. The summed E-state index contributed by atoms with van der Waals surface area (Å²) in [5.41, 5.74) is 12.6. The molecule has 0 amide bonds. The molecule has 6 heteroatoms. The zero-order valence-electron chi connectivity index (χ0n) is 33.6. The number of thiophene rings is 1. The molecular formula is C57H33N3O2S. The molecule has 0 saturated carbocycles. The smallest absolute Gasteiger partial charge is 0.164 e. The average molecular weight is 824 g/mol. The van der Waals surface area contributed by atoms with Crippen LogP contribution in [0.2, 0.25) is 0 Å². The Morgan fingerprint density at radius 3 is 1.68 bits per heavy atom. The van der Waals surface area contributed by atoms with Crippen molar-refractivity contribution in [2.24, 2.45) is 0 Å². The third-order valence-corrected chi connectivity index (χ3v) is 13.3. The van der Waals surface area contributed by atoms with Crippen molar-refractivity contribution in [2.75, 3.05) is 0 Å². The van der Waals surface area contributed by atoms with E-state index < -0.39 is 0 Å². The molecule has 0 saturated heterocycles. The molecule has 294 valence electrons. The fourth-order valence-corrected chi connectivity index (χ4v) is 10.3. The van der Waals surface area contributed by atoms with Crippen LogP contribution in [0.4, 0.5) is 0 Å². The van der Waals surface area contributed by atoms with Crippen molar-refractivity contribution in [3.05, 3.63) is 200 Å². The van der Waals surface area contributed by atoms with Gasteiger partial charge >= 0.3 is 0 Å². The Kier molecular flexibility index (Phi) is 8.01. The molecule has 0 fully saturated rings. The minimum Gasteiger partial charge on any atom is -0.456 e. The van der Waals surface area contributed by atoms with Crippen molar-refractivity contribution in [1.82, 2.24) is 15.0 Å². The molecule has 4 heterocycles. The largest absolute Gasteiger partial charge is 0.456 e. The molecule has 63 heavy (non-hydrogen) atoms. The van der Waals surface area contributed by atoms with E-state index in [9.17, 15) is 0 Å².